The summed E-state index contributed by atoms with van der Waals surface area (Å²) < 4.78 is 0. The molecule has 2 unspecified atom stereocenters. The van der Waals surface area contributed by atoms with Crippen LogP contribution in [-0.2, 0) is 6.54 Å². The van der Waals surface area contributed by atoms with Gasteiger partial charge in [-0.25, -0.2) is 9.97 Å². The highest BCUT2D eigenvalue weighted by Crippen LogP contribution is 2.36. The molecule has 0 bridgehead atoms. The molecule has 0 aliphatic heterocycles. The maximum atomic E-state index is 4.67. The third-order valence-electron chi connectivity index (χ3n) is 3.34. The van der Waals surface area contributed by atoms with E-state index >= 15 is 0 Å². The lowest BCUT2D eigenvalue weighted by Crippen LogP contribution is -2.11. The van der Waals surface area contributed by atoms with Gasteiger partial charge in [0.05, 0.1) is 5.69 Å². The fourth-order valence-corrected chi connectivity index (χ4v) is 2.55. The van der Waals surface area contributed by atoms with Crippen molar-refractivity contribution in [1.29, 1.82) is 0 Å². The summed E-state index contributed by atoms with van der Waals surface area (Å²) in [5, 5.41) is 3.15. The Morgan fingerprint density at radius 2 is 2.19 bits per heavy atom. The Morgan fingerprint density at radius 1 is 1.38 bits per heavy atom. The number of nitrogens with zero attached hydrogens (tertiary/aromatic N) is 2. The zero-order valence-corrected chi connectivity index (χ0v) is 10.5. The van der Waals surface area contributed by atoms with Gasteiger partial charge in [0.15, 0.2) is 0 Å². The van der Waals surface area contributed by atoms with Gasteiger partial charge in [0.25, 0.3) is 0 Å². The molecular formula is C13H21N3. The third kappa shape index (κ3) is 2.59. The van der Waals surface area contributed by atoms with Gasteiger partial charge in [-0.1, -0.05) is 6.92 Å². The highest BCUT2D eigenvalue weighted by Gasteiger charge is 2.25. The van der Waals surface area contributed by atoms with Crippen molar-refractivity contribution >= 4 is 0 Å². The fourth-order valence-electron chi connectivity index (χ4n) is 2.55. The normalized spacial score (nSPS) is 24.9. The largest absolute Gasteiger partial charge is 0.314 e. The Morgan fingerprint density at radius 3 is 2.81 bits per heavy atom. The number of nitrogens with one attached hydrogen (secondary N) is 1. The quantitative estimate of drug-likeness (QED) is 0.848. The molecule has 0 aromatic carbocycles. The van der Waals surface area contributed by atoms with E-state index in [-0.39, 0.29) is 0 Å². The lowest BCUT2D eigenvalue weighted by atomic mass is 10.1. The average molecular weight is 219 g/mol. The second-order valence-electron chi connectivity index (χ2n) is 5.00. The van der Waals surface area contributed by atoms with E-state index in [1.54, 1.807) is 0 Å². The summed E-state index contributed by atoms with van der Waals surface area (Å²) >= 11 is 0. The molecule has 1 fully saturated rings. The molecule has 2 rings (SSSR count). The maximum absolute atomic E-state index is 4.67. The van der Waals surface area contributed by atoms with E-state index in [0.29, 0.717) is 5.92 Å². The topological polar surface area (TPSA) is 37.8 Å². The first kappa shape index (κ1) is 11.5. The molecule has 1 aromatic heterocycles. The van der Waals surface area contributed by atoms with Crippen LogP contribution in [0.3, 0.4) is 0 Å². The first-order valence-corrected chi connectivity index (χ1v) is 6.18. The Hall–Kier alpha value is -0.960. The highest BCUT2D eigenvalue weighted by molar-refractivity contribution is 5.13. The summed E-state index contributed by atoms with van der Waals surface area (Å²) in [5.74, 6) is 2.49. The Kier molecular flexibility index (Phi) is 3.54. The zero-order chi connectivity index (χ0) is 11.5. The van der Waals surface area contributed by atoms with Gasteiger partial charge in [-0.15, -0.1) is 0 Å². The van der Waals surface area contributed by atoms with Crippen LogP contribution in [0.25, 0.3) is 0 Å². The number of aromatic nitrogens is 2. The lowest BCUT2D eigenvalue weighted by molar-refractivity contribution is 0.581. The van der Waals surface area contributed by atoms with Crippen LogP contribution in [0.15, 0.2) is 6.07 Å². The van der Waals surface area contributed by atoms with Crippen LogP contribution in [0.1, 0.15) is 49.3 Å². The van der Waals surface area contributed by atoms with E-state index < -0.39 is 0 Å². The molecule has 1 saturated carbocycles. The van der Waals surface area contributed by atoms with Crippen molar-refractivity contribution in [3.63, 3.8) is 0 Å². The molecule has 3 heteroatoms. The minimum Gasteiger partial charge on any atom is -0.314 e. The van der Waals surface area contributed by atoms with Gasteiger partial charge in [0.1, 0.15) is 5.82 Å². The Balaban J connectivity index is 2.20. The van der Waals surface area contributed by atoms with Gasteiger partial charge in [-0.05, 0) is 45.2 Å². The monoisotopic (exact) mass is 219 g/mol. The van der Waals surface area contributed by atoms with Crippen molar-refractivity contribution in [3.8, 4) is 0 Å². The van der Waals surface area contributed by atoms with Crippen LogP contribution in [0.2, 0.25) is 0 Å². The average Bonchev–Trinajstić information content (AvgIpc) is 2.64. The van der Waals surface area contributed by atoms with E-state index in [9.17, 15) is 0 Å². The van der Waals surface area contributed by atoms with Gasteiger partial charge >= 0.3 is 0 Å². The van der Waals surface area contributed by atoms with Gasteiger partial charge < -0.3 is 5.32 Å². The van der Waals surface area contributed by atoms with Gasteiger partial charge in [-0.3, -0.25) is 0 Å². The van der Waals surface area contributed by atoms with Crippen molar-refractivity contribution in [3.05, 3.63) is 23.3 Å². The van der Waals surface area contributed by atoms with Crippen molar-refractivity contribution in [2.75, 3.05) is 7.05 Å². The molecule has 1 heterocycles. The van der Waals surface area contributed by atoms with Gasteiger partial charge in [0, 0.05) is 18.2 Å². The SMILES string of the molecule is CNCc1cc(C)nc(C2CCC(C)C2)n1. The van der Waals surface area contributed by atoms with Crippen molar-refractivity contribution in [2.24, 2.45) is 5.92 Å². The molecular weight excluding hydrogens is 198 g/mol. The summed E-state index contributed by atoms with van der Waals surface area (Å²) in [5.41, 5.74) is 2.21. The minimum atomic E-state index is 0.588. The van der Waals surface area contributed by atoms with Crippen LogP contribution in [0.4, 0.5) is 0 Å². The molecule has 1 aromatic rings. The van der Waals surface area contributed by atoms with Crippen LogP contribution < -0.4 is 5.32 Å². The molecule has 3 nitrogen and oxygen atoms in total. The van der Waals surface area contributed by atoms with Crippen LogP contribution in [-0.4, -0.2) is 17.0 Å². The van der Waals surface area contributed by atoms with Crippen molar-refractivity contribution in [2.45, 2.75) is 45.6 Å². The van der Waals surface area contributed by atoms with Crippen LogP contribution in [0, 0.1) is 12.8 Å². The van der Waals surface area contributed by atoms with E-state index in [1.807, 2.05) is 7.05 Å². The predicted molar refractivity (Wildman–Crippen MR) is 65.3 cm³/mol. The molecule has 2 atom stereocenters. The summed E-state index contributed by atoms with van der Waals surface area (Å²) in [6.45, 7) is 5.21. The van der Waals surface area contributed by atoms with E-state index in [4.69, 9.17) is 0 Å². The molecule has 1 N–H and O–H groups in total. The van der Waals surface area contributed by atoms with Crippen LogP contribution in [0.5, 0.6) is 0 Å². The summed E-state index contributed by atoms with van der Waals surface area (Å²) in [6.07, 6.45) is 3.83. The first-order valence-electron chi connectivity index (χ1n) is 6.18. The van der Waals surface area contributed by atoms with E-state index in [0.717, 1.165) is 29.7 Å². The molecule has 1 aliphatic carbocycles. The summed E-state index contributed by atoms with van der Waals surface area (Å²) in [6, 6.07) is 2.07. The minimum absolute atomic E-state index is 0.588. The van der Waals surface area contributed by atoms with Gasteiger partial charge in [-0.2, -0.15) is 0 Å². The van der Waals surface area contributed by atoms with Crippen molar-refractivity contribution < 1.29 is 0 Å². The van der Waals surface area contributed by atoms with Crippen LogP contribution >= 0.6 is 0 Å². The highest BCUT2D eigenvalue weighted by atomic mass is 14.9. The first-order chi connectivity index (χ1) is 7.69. The van der Waals surface area contributed by atoms with Gasteiger partial charge in [0.2, 0.25) is 0 Å². The second-order valence-corrected chi connectivity index (χ2v) is 5.00. The number of aryl methyl sites for hydroxylation is 1. The van der Waals surface area contributed by atoms with E-state index in [1.165, 1.54) is 19.3 Å². The molecule has 0 spiro atoms. The number of hydrogen-bond donors (Lipinski definition) is 1. The molecule has 0 amide bonds. The summed E-state index contributed by atoms with van der Waals surface area (Å²) in [7, 11) is 1.95. The second kappa shape index (κ2) is 4.91. The Bertz CT molecular complexity index is 362. The molecule has 0 saturated heterocycles. The molecule has 16 heavy (non-hydrogen) atoms. The fraction of sp³-hybridized carbons (Fsp3) is 0.692. The van der Waals surface area contributed by atoms with E-state index in [2.05, 4.69) is 35.2 Å². The lowest BCUT2D eigenvalue weighted by Gasteiger charge is -2.11. The number of hydrogen-bond acceptors (Lipinski definition) is 3. The zero-order valence-electron chi connectivity index (χ0n) is 10.5. The predicted octanol–water partition coefficient (Wildman–Crippen LogP) is 2.41. The molecule has 0 radical (unpaired) electrons. The molecule has 88 valence electrons. The molecule has 1 aliphatic rings. The smallest absolute Gasteiger partial charge is 0.131 e. The number of rotatable bonds is 3. The summed E-state index contributed by atoms with van der Waals surface area (Å²) in [4.78, 5) is 9.26. The van der Waals surface area contributed by atoms with Crippen molar-refractivity contribution in [1.82, 2.24) is 15.3 Å². The third-order valence-corrected chi connectivity index (χ3v) is 3.34. The standard InChI is InChI=1S/C13H21N3/c1-9-4-5-11(6-9)13-15-10(2)7-12(16-13)8-14-3/h7,9,11,14H,4-6,8H2,1-3H3. The Labute approximate surface area is 97.7 Å². The maximum Gasteiger partial charge on any atom is 0.131 e.